The highest BCUT2D eigenvalue weighted by Gasteiger charge is 2.09. The molecule has 82 valence electrons. The maximum atomic E-state index is 10.4. The molecule has 0 spiro atoms. The van der Waals surface area contributed by atoms with E-state index in [1.54, 1.807) is 0 Å². The Morgan fingerprint density at radius 1 is 1.50 bits per heavy atom. The van der Waals surface area contributed by atoms with E-state index in [-0.39, 0.29) is 12.7 Å². The van der Waals surface area contributed by atoms with Crippen LogP contribution in [0.4, 0.5) is 0 Å². The van der Waals surface area contributed by atoms with Crippen molar-refractivity contribution in [3.63, 3.8) is 0 Å². The third-order valence-corrected chi connectivity index (χ3v) is 2.11. The largest absolute Gasteiger partial charge is 0.480 e. The fourth-order valence-corrected chi connectivity index (χ4v) is 1.05. The summed E-state index contributed by atoms with van der Waals surface area (Å²) in [7, 11) is -3.98. The van der Waals surface area contributed by atoms with Crippen molar-refractivity contribution in [2.75, 3.05) is 12.7 Å². The first-order valence-corrected chi connectivity index (χ1v) is 5.78. The standard InChI is InChI=1S/C7H14NO5P/c1-6(7(9)10)8-4-2-3-5-14(11,12)13/h2-3,6,8H,4-5H2,1H3,(H,9,10)(H2,11,12,13). The van der Waals surface area contributed by atoms with E-state index in [0.29, 0.717) is 0 Å². The van der Waals surface area contributed by atoms with Crippen molar-refractivity contribution < 1.29 is 24.3 Å². The van der Waals surface area contributed by atoms with E-state index in [0.717, 1.165) is 0 Å². The molecule has 0 saturated carbocycles. The molecule has 0 amide bonds. The Bertz CT molecular complexity index is 259. The first-order chi connectivity index (χ1) is 6.33. The lowest BCUT2D eigenvalue weighted by Crippen LogP contribution is -2.33. The van der Waals surface area contributed by atoms with E-state index in [9.17, 15) is 9.36 Å². The zero-order valence-electron chi connectivity index (χ0n) is 7.75. The maximum absolute atomic E-state index is 10.4. The van der Waals surface area contributed by atoms with Crippen LogP contribution in [-0.4, -0.2) is 39.6 Å². The van der Waals surface area contributed by atoms with E-state index in [4.69, 9.17) is 14.9 Å². The van der Waals surface area contributed by atoms with Gasteiger partial charge >= 0.3 is 13.6 Å². The third kappa shape index (κ3) is 7.94. The van der Waals surface area contributed by atoms with Crippen LogP contribution in [0.5, 0.6) is 0 Å². The fourth-order valence-electron chi connectivity index (χ4n) is 0.627. The molecule has 6 nitrogen and oxygen atoms in total. The lowest BCUT2D eigenvalue weighted by atomic mass is 10.3. The summed E-state index contributed by atoms with van der Waals surface area (Å²) in [5, 5.41) is 11.1. The molecule has 0 aliphatic rings. The molecule has 0 bridgehead atoms. The summed E-state index contributed by atoms with van der Waals surface area (Å²) >= 11 is 0. The highest BCUT2D eigenvalue weighted by Crippen LogP contribution is 2.33. The fraction of sp³-hybridized carbons (Fsp3) is 0.571. The number of carbonyl (C=O) groups is 1. The van der Waals surface area contributed by atoms with Crippen molar-refractivity contribution in [1.82, 2.24) is 5.32 Å². The Morgan fingerprint density at radius 3 is 2.50 bits per heavy atom. The minimum Gasteiger partial charge on any atom is -0.480 e. The van der Waals surface area contributed by atoms with E-state index >= 15 is 0 Å². The van der Waals surface area contributed by atoms with Gasteiger partial charge in [0.1, 0.15) is 6.04 Å². The quantitative estimate of drug-likeness (QED) is 0.366. The highest BCUT2D eigenvalue weighted by atomic mass is 31.2. The molecule has 0 fully saturated rings. The Kier molecular flexibility index (Phi) is 5.64. The van der Waals surface area contributed by atoms with Crippen LogP contribution in [0.2, 0.25) is 0 Å². The first-order valence-electron chi connectivity index (χ1n) is 3.98. The van der Waals surface area contributed by atoms with Crippen molar-refractivity contribution >= 4 is 13.6 Å². The summed E-state index contributed by atoms with van der Waals surface area (Å²) in [6.07, 6.45) is 2.48. The van der Waals surface area contributed by atoms with Crippen LogP contribution in [-0.2, 0) is 9.36 Å². The number of nitrogens with one attached hydrogen (secondary N) is 1. The Hall–Kier alpha value is -0.680. The molecule has 1 unspecified atom stereocenters. The Labute approximate surface area is 81.8 Å². The number of allylic oxidation sites excluding steroid dienone is 1. The molecule has 0 saturated heterocycles. The predicted octanol–water partition coefficient (Wildman–Crippen LogP) is -0.217. The summed E-state index contributed by atoms with van der Waals surface area (Å²) in [5.41, 5.74) is 0. The molecule has 0 aliphatic heterocycles. The molecule has 0 aliphatic carbocycles. The van der Waals surface area contributed by atoms with E-state index in [1.807, 2.05) is 0 Å². The van der Waals surface area contributed by atoms with Crippen LogP contribution < -0.4 is 5.32 Å². The van der Waals surface area contributed by atoms with Gasteiger partial charge in [-0.3, -0.25) is 9.36 Å². The SMILES string of the molecule is CC(NCC=CCP(=O)(O)O)C(=O)O. The van der Waals surface area contributed by atoms with Crippen molar-refractivity contribution in [1.29, 1.82) is 0 Å². The zero-order chi connectivity index (χ0) is 11.2. The van der Waals surface area contributed by atoms with Crippen molar-refractivity contribution in [2.24, 2.45) is 0 Å². The minimum atomic E-state index is -3.98. The highest BCUT2D eigenvalue weighted by molar-refractivity contribution is 7.51. The van der Waals surface area contributed by atoms with E-state index in [1.165, 1.54) is 19.1 Å². The first kappa shape index (κ1) is 13.3. The van der Waals surface area contributed by atoms with Gasteiger partial charge in [-0.1, -0.05) is 12.2 Å². The Morgan fingerprint density at radius 2 is 2.07 bits per heavy atom. The van der Waals surface area contributed by atoms with Crippen molar-refractivity contribution in [3.05, 3.63) is 12.2 Å². The molecule has 7 heteroatoms. The van der Waals surface area contributed by atoms with Gasteiger partial charge in [-0.05, 0) is 6.92 Å². The molecular formula is C7H14NO5P. The van der Waals surface area contributed by atoms with Gasteiger partial charge in [0.05, 0.1) is 6.16 Å². The summed E-state index contributed by atoms with van der Waals surface area (Å²) in [5.74, 6) is -0.964. The number of carboxylic acids is 1. The summed E-state index contributed by atoms with van der Waals surface area (Å²) in [4.78, 5) is 27.2. The summed E-state index contributed by atoms with van der Waals surface area (Å²) < 4.78 is 10.4. The molecule has 1 atom stereocenters. The van der Waals surface area contributed by atoms with Gasteiger partial charge in [0.25, 0.3) is 0 Å². The second kappa shape index (κ2) is 5.93. The molecule has 0 aromatic heterocycles. The van der Waals surface area contributed by atoms with Gasteiger partial charge in [0.15, 0.2) is 0 Å². The van der Waals surface area contributed by atoms with Crippen LogP contribution in [0, 0.1) is 0 Å². The predicted molar refractivity (Wildman–Crippen MR) is 51.2 cm³/mol. The maximum Gasteiger partial charge on any atom is 0.329 e. The minimum absolute atomic E-state index is 0.271. The number of hydrogen-bond acceptors (Lipinski definition) is 3. The van der Waals surface area contributed by atoms with Crippen molar-refractivity contribution in [3.8, 4) is 0 Å². The molecular weight excluding hydrogens is 209 g/mol. The molecule has 4 N–H and O–H groups in total. The van der Waals surface area contributed by atoms with E-state index in [2.05, 4.69) is 5.32 Å². The number of rotatable bonds is 6. The van der Waals surface area contributed by atoms with Gasteiger partial charge < -0.3 is 20.2 Å². The average molecular weight is 223 g/mol. The van der Waals surface area contributed by atoms with Crippen LogP contribution >= 0.6 is 7.60 Å². The van der Waals surface area contributed by atoms with E-state index < -0.39 is 19.6 Å². The summed E-state index contributed by atoms with van der Waals surface area (Å²) in [6, 6.07) is -0.672. The smallest absolute Gasteiger partial charge is 0.329 e. The van der Waals surface area contributed by atoms with Gasteiger partial charge in [-0.25, -0.2) is 0 Å². The second-order valence-corrected chi connectivity index (χ2v) is 4.48. The van der Waals surface area contributed by atoms with Crippen LogP contribution in [0.1, 0.15) is 6.92 Å². The lowest BCUT2D eigenvalue weighted by molar-refractivity contribution is -0.138. The lowest BCUT2D eigenvalue weighted by Gasteiger charge is -2.05. The zero-order valence-corrected chi connectivity index (χ0v) is 8.65. The third-order valence-electron chi connectivity index (χ3n) is 1.42. The van der Waals surface area contributed by atoms with Gasteiger partial charge in [0.2, 0.25) is 0 Å². The molecule has 0 rings (SSSR count). The molecule has 0 heterocycles. The Balaban J connectivity index is 3.65. The van der Waals surface area contributed by atoms with Crippen molar-refractivity contribution in [2.45, 2.75) is 13.0 Å². The van der Waals surface area contributed by atoms with Gasteiger partial charge in [0, 0.05) is 6.54 Å². The van der Waals surface area contributed by atoms with Crippen LogP contribution in [0.25, 0.3) is 0 Å². The topological polar surface area (TPSA) is 107 Å². The molecule has 0 aromatic rings. The number of hydrogen-bond donors (Lipinski definition) is 4. The van der Waals surface area contributed by atoms with Crippen LogP contribution in [0.3, 0.4) is 0 Å². The average Bonchev–Trinajstić information content (AvgIpc) is 2.01. The van der Waals surface area contributed by atoms with Gasteiger partial charge in [-0.2, -0.15) is 0 Å². The number of carboxylic acid groups (broad SMARTS) is 1. The van der Waals surface area contributed by atoms with Crippen LogP contribution in [0.15, 0.2) is 12.2 Å². The second-order valence-electron chi connectivity index (χ2n) is 2.79. The number of aliphatic carboxylic acids is 1. The summed E-state index contributed by atoms with van der Waals surface area (Å²) in [6.45, 7) is 1.76. The van der Waals surface area contributed by atoms with Gasteiger partial charge in [-0.15, -0.1) is 0 Å². The molecule has 0 aromatic carbocycles. The molecule has 0 radical (unpaired) electrons. The monoisotopic (exact) mass is 223 g/mol. The molecule has 14 heavy (non-hydrogen) atoms. The normalized spacial score (nSPS) is 14.5.